The van der Waals surface area contributed by atoms with Crippen molar-refractivity contribution in [2.75, 3.05) is 6.61 Å². The molecule has 0 fully saturated rings. The molecule has 0 saturated heterocycles. The number of hydrogen-bond acceptors (Lipinski definition) is 4. The van der Waals surface area contributed by atoms with E-state index in [1.54, 1.807) is 0 Å². The lowest BCUT2D eigenvalue weighted by Gasteiger charge is -1.97. The third-order valence-corrected chi connectivity index (χ3v) is 1.61. The van der Waals surface area contributed by atoms with Crippen LogP contribution in [0.4, 0.5) is 0 Å². The molecule has 0 atom stereocenters. The van der Waals surface area contributed by atoms with Crippen molar-refractivity contribution in [1.29, 1.82) is 0 Å². The van der Waals surface area contributed by atoms with Crippen LogP contribution in [0.5, 0.6) is 0 Å². The fourth-order valence-corrected chi connectivity index (χ4v) is 0.964. The normalized spacial score (nSPS) is 10.1. The maximum Gasteiger partial charge on any atom is 0.131 e. The van der Waals surface area contributed by atoms with E-state index < -0.39 is 0 Å². The van der Waals surface area contributed by atoms with Gasteiger partial charge in [0.25, 0.3) is 0 Å². The van der Waals surface area contributed by atoms with Crippen molar-refractivity contribution < 1.29 is 5.11 Å². The van der Waals surface area contributed by atoms with Gasteiger partial charge in [-0.1, -0.05) is 6.42 Å². The van der Waals surface area contributed by atoms with Crippen LogP contribution in [0, 0.1) is 0 Å². The quantitative estimate of drug-likeness (QED) is 0.651. The molecule has 0 unspecified atom stereocenters. The van der Waals surface area contributed by atoms with E-state index in [-0.39, 0.29) is 6.61 Å². The second-order valence-corrected chi connectivity index (χ2v) is 2.59. The van der Waals surface area contributed by atoms with Crippen molar-refractivity contribution in [3.8, 4) is 0 Å². The summed E-state index contributed by atoms with van der Waals surface area (Å²) in [5.74, 6) is 0.836. The van der Waals surface area contributed by atoms with E-state index in [1.165, 1.54) is 12.7 Å². The Morgan fingerprint density at radius 2 is 1.83 bits per heavy atom. The van der Waals surface area contributed by atoms with Crippen molar-refractivity contribution >= 4 is 0 Å². The van der Waals surface area contributed by atoms with Gasteiger partial charge in [-0.15, -0.1) is 0 Å². The molecule has 1 N–H and O–H groups in total. The Morgan fingerprint density at radius 1 is 1.08 bits per heavy atom. The number of rotatable bonds is 5. The molecule has 4 nitrogen and oxygen atoms in total. The Hall–Kier alpha value is -1.03. The summed E-state index contributed by atoms with van der Waals surface area (Å²) in [6.45, 7) is 0.275. The van der Waals surface area contributed by atoms with Crippen LogP contribution < -0.4 is 0 Å². The Bertz CT molecular complexity index is 203. The lowest BCUT2D eigenvalue weighted by Crippen LogP contribution is -1.95. The molecule has 0 bridgehead atoms. The zero-order chi connectivity index (χ0) is 8.65. The molecule has 1 aromatic rings. The molecule has 0 aliphatic rings. The van der Waals surface area contributed by atoms with Crippen LogP contribution in [0.2, 0.25) is 0 Å². The predicted molar refractivity (Wildman–Crippen MR) is 44.5 cm³/mol. The summed E-state index contributed by atoms with van der Waals surface area (Å²) in [6.07, 6.45) is 6.82. The maximum absolute atomic E-state index is 8.52. The van der Waals surface area contributed by atoms with Crippen molar-refractivity contribution in [3.63, 3.8) is 0 Å². The predicted octanol–water partition coefficient (Wildman–Crippen LogP) is 0.577. The molecule has 0 spiro atoms. The second-order valence-electron chi connectivity index (χ2n) is 2.59. The Kier molecular flexibility index (Phi) is 4.23. The molecule has 1 aromatic heterocycles. The Morgan fingerprint density at radius 3 is 2.50 bits per heavy atom. The summed E-state index contributed by atoms with van der Waals surface area (Å²) in [5, 5.41) is 8.52. The van der Waals surface area contributed by atoms with Crippen LogP contribution in [0.3, 0.4) is 0 Å². The second kappa shape index (κ2) is 5.60. The highest BCUT2D eigenvalue weighted by atomic mass is 16.2. The summed E-state index contributed by atoms with van der Waals surface area (Å²) in [6, 6.07) is 0. The van der Waals surface area contributed by atoms with Crippen molar-refractivity contribution in [2.24, 2.45) is 0 Å². The van der Waals surface area contributed by atoms with Gasteiger partial charge in [0, 0.05) is 13.0 Å². The van der Waals surface area contributed by atoms with Crippen molar-refractivity contribution in [3.05, 3.63) is 18.5 Å². The van der Waals surface area contributed by atoms with Gasteiger partial charge in [-0.05, 0) is 12.8 Å². The molecule has 4 heteroatoms. The van der Waals surface area contributed by atoms with Gasteiger partial charge in [-0.3, -0.25) is 0 Å². The number of hydrogen-bond donors (Lipinski definition) is 1. The van der Waals surface area contributed by atoms with E-state index in [9.17, 15) is 0 Å². The summed E-state index contributed by atoms with van der Waals surface area (Å²) < 4.78 is 0. The van der Waals surface area contributed by atoms with Crippen LogP contribution in [0.15, 0.2) is 12.7 Å². The molecular formula is C8H13N3O. The molecule has 66 valence electrons. The first-order valence-corrected chi connectivity index (χ1v) is 4.15. The van der Waals surface area contributed by atoms with E-state index in [4.69, 9.17) is 5.11 Å². The van der Waals surface area contributed by atoms with E-state index in [0.717, 1.165) is 31.5 Å². The van der Waals surface area contributed by atoms with Gasteiger partial charge in [-0.25, -0.2) is 15.0 Å². The smallest absolute Gasteiger partial charge is 0.131 e. The molecule has 1 heterocycles. The lowest BCUT2D eigenvalue weighted by molar-refractivity contribution is 0.283. The van der Waals surface area contributed by atoms with Crippen LogP contribution in [-0.4, -0.2) is 26.7 Å². The molecular weight excluding hydrogens is 154 g/mol. The van der Waals surface area contributed by atoms with E-state index in [1.807, 2.05) is 0 Å². The average Bonchev–Trinajstić information content (AvgIpc) is 2.14. The first-order valence-electron chi connectivity index (χ1n) is 4.15. The molecule has 1 rings (SSSR count). The van der Waals surface area contributed by atoms with Gasteiger partial charge < -0.3 is 5.11 Å². The summed E-state index contributed by atoms with van der Waals surface area (Å²) in [5.41, 5.74) is 0. The fraction of sp³-hybridized carbons (Fsp3) is 0.625. The Balaban J connectivity index is 2.16. The SMILES string of the molecule is OCCCCCc1ncncn1. The molecule has 12 heavy (non-hydrogen) atoms. The number of unbranched alkanes of at least 4 members (excludes halogenated alkanes) is 2. The zero-order valence-electron chi connectivity index (χ0n) is 6.98. The molecule has 0 radical (unpaired) electrons. The maximum atomic E-state index is 8.52. The molecule has 0 aliphatic heterocycles. The first-order chi connectivity index (χ1) is 5.93. The summed E-state index contributed by atoms with van der Waals surface area (Å²) >= 11 is 0. The standard InChI is InChI=1S/C8H13N3O/c12-5-3-1-2-4-8-10-6-9-7-11-8/h6-7,12H,1-5H2. The highest BCUT2D eigenvalue weighted by molar-refractivity contribution is 4.80. The summed E-state index contributed by atoms with van der Waals surface area (Å²) in [4.78, 5) is 11.7. The fourth-order valence-electron chi connectivity index (χ4n) is 0.964. The molecule has 0 aromatic carbocycles. The van der Waals surface area contributed by atoms with Gasteiger partial charge in [0.2, 0.25) is 0 Å². The van der Waals surface area contributed by atoms with Gasteiger partial charge in [0.05, 0.1) is 0 Å². The van der Waals surface area contributed by atoms with E-state index in [2.05, 4.69) is 15.0 Å². The highest BCUT2D eigenvalue weighted by Gasteiger charge is 1.94. The van der Waals surface area contributed by atoms with Gasteiger partial charge in [0.15, 0.2) is 0 Å². The molecule has 0 saturated carbocycles. The largest absolute Gasteiger partial charge is 0.396 e. The third kappa shape index (κ3) is 3.39. The number of aryl methyl sites for hydroxylation is 1. The van der Waals surface area contributed by atoms with Crippen molar-refractivity contribution in [1.82, 2.24) is 15.0 Å². The van der Waals surface area contributed by atoms with Crippen molar-refractivity contribution in [2.45, 2.75) is 25.7 Å². The zero-order valence-corrected chi connectivity index (χ0v) is 6.98. The highest BCUT2D eigenvalue weighted by Crippen LogP contribution is 1.99. The van der Waals surface area contributed by atoms with Gasteiger partial charge in [0.1, 0.15) is 18.5 Å². The van der Waals surface area contributed by atoms with Crippen LogP contribution in [0.1, 0.15) is 25.1 Å². The Labute approximate surface area is 71.7 Å². The van der Waals surface area contributed by atoms with Crippen LogP contribution in [0.25, 0.3) is 0 Å². The molecule has 0 amide bonds. The number of aliphatic hydroxyl groups excluding tert-OH is 1. The van der Waals surface area contributed by atoms with Gasteiger partial charge >= 0.3 is 0 Å². The lowest BCUT2D eigenvalue weighted by atomic mass is 10.2. The average molecular weight is 167 g/mol. The first kappa shape index (κ1) is 9.06. The number of nitrogens with zero attached hydrogens (tertiary/aromatic N) is 3. The minimum Gasteiger partial charge on any atom is -0.396 e. The minimum absolute atomic E-state index is 0.275. The van der Waals surface area contributed by atoms with E-state index in [0.29, 0.717) is 0 Å². The topological polar surface area (TPSA) is 58.9 Å². The minimum atomic E-state index is 0.275. The van der Waals surface area contributed by atoms with Gasteiger partial charge in [-0.2, -0.15) is 0 Å². The number of aliphatic hydroxyl groups is 1. The monoisotopic (exact) mass is 167 g/mol. The summed E-state index contributed by atoms with van der Waals surface area (Å²) in [7, 11) is 0. The number of aromatic nitrogens is 3. The van der Waals surface area contributed by atoms with E-state index >= 15 is 0 Å². The van der Waals surface area contributed by atoms with Crippen LogP contribution >= 0.6 is 0 Å². The van der Waals surface area contributed by atoms with Crippen LogP contribution in [-0.2, 0) is 6.42 Å². The molecule has 0 aliphatic carbocycles. The third-order valence-electron chi connectivity index (χ3n) is 1.61.